The van der Waals surface area contributed by atoms with Gasteiger partial charge < -0.3 is 4.74 Å². The van der Waals surface area contributed by atoms with Crippen LogP contribution in [0.15, 0.2) is 34.5 Å². The number of amides is 2. The van der Waals surface area contributed by atoms with Crippen LogP contribution in [0.5, 0.6) is 5.75 Å². The van der Waals surface area contributed by atoms with Crippen LogP contribution in [0.2, 0.25) is 0 Å². The van der Waals surface area contributed by atoms with E-state index in [1.54, 1.807) is 21.0 Å². The maximum atomic E-state index is 11.9. The lowest BCUT2D eigenvalue weighted by Crippen LogP contribution is -2.29. The van der Waals surface area contributed by atoms with Gasteiger partial charge in [0.1, 0.15) is 5.75 Å². The van der Waals surface area contributed by atoms with Gasteiger partial charge in [0.2, 0.25) is 11.8 Å². The van der Waals surface area contributed by atoms with E-state index < -0.39 is 5.92 Å². The predicted molar refractivity (Wildman–Crippen MR) is 82.7 cm³/mol. The summed E-state index contributed by atoms with van der Waals surface area (Å²) in [5.41, 5.74) is 6.95. The Morgan fingerprint density at radius 3 is 2.64 bits per heavy atom. The van der Waals surface area contributed by atoms with Gasteiger partial charge in [0.05, 0.1) is 18.7 Å². The molecule has 2 amide bonds. The first kappa shape index (κ1) is 15.7. The Morgan fingerprint density at radius 1 is 1.41 bits per heavy atom. The van der Waals surface area contributed by atoms with Gasteiger partial charge in [0.15, 0.2) is 0 Å². The van der Waals surface area contributed by atoms with E-state index in [-0.39, 0.29) is 18.2 Å². The van der Waals surface area contributed by atoms with Crippen LogP contribution in [0, 0.1) is 5.92 Å². The largest absolute Gasteiger partial charge is 0.497 e. The van der Waals surface area contributed by atoms with Gasteiger partial charge in [0, 0.05) is 12.1 Å². The van der Waals surface area contributed by atoms with E-state index in [1.807, 2.05) is 24.3 Å². The summed E-state index contributed by atoms with van der Waals surface area (Å²) in [7, 11) is 1.60. The van der Waals surface area contributed by atoms with Gasteiger partial charge in [0.25, 0.3) is 0 Å². The lowest BCUT2D eigenvalue weighted by Gasteiger charge is -2.07. The summed E-state index contributed by atoms with van der Waals surface area (Å²) in [4.78, 5) is 23.3. The van der Waals surface area contributed by atoms with Crippen LogP contribution in [-0.4, -0.2) is 30.3 Å². The Kier molecular flexibility index (Phi) is 4.88. The number of hydrazone groups is 2. The molecule has 1 aromatic carbocycles. The maximum Gasteiger partial charge on any atom is 0.249 e. The number of hydrogen-bond donors (Lipinski definition) is 2. The first-order valence-electron chi connectivity index (χ1n) is 6.83. The SMILES string of the molecule is COc1ccc(/C(C)=N/NC(=O)CC2C(=O)NN=C2C)cc1. The third-order valence-corrected chi connectivity index (χ3v) is 3.41. The summed E-state index contributed by atoms with van der Waals surface area (Å²) in [6.07, 6.45) is 0.0283. The van der Waals surface area contributed by atoms with E-state index in [0.717, 1.165) is 11.3 Å². The summed E-state index contributed by atoms with van der Waals surface area (Å²) in [6.45, 7) is 3.50. The Labute approximate surface area is 128 Å². The molecule has 0 fully saturated rings. The smallest absolute Gasteiger partial charge is 0.249 e. The highest BCUT2D eigenvalue weighted by Gasteiger charge is 2.29. The fourth-order valence-corrected chi connectivity index (χ4v) is 2.00. The number of rotatable bonds is 5. The Hall–Kier alpha value is -2.70. The Bertz CT molecular complexity index is 635. The van der Waals surface area contributed by atoms with Gasteiger partial charge in [-0.1, -0.05) is 0 Å². The monoisotopic (exact) mass is 302 g/mol. The zero-order valence-corrected chi connectivity index (χ0v) is 12.7. The number of ether oxygens (including phenoxy) is 1. The van der Waals surface area contributed by atoms with Crippen molar-refractivity contribution in [3.05, 3.63) is 29.8 Å². The first-order valence-corrected chi connectivity index (χ1v) is 6.83. The number of hydrogen-bond acceptors (Lipinski definition) is 5. The summed E-state index contributed by atoms with van der Waals surface area (Å²) >= 11 is 0. The van der Waals surface area contributed by atoms with Crippen molar-refractivity contribution < 1.29 is 14.3 Å². The van der Waals surface area contributed by atoms with E-state index >= 15 is 0 Å². The second-order valence-electron chi connectivity index (χ2n) is 4.95. The van der Waals surface area contributed by atoms with Gasteiger partial charge in [-0.15, -0.1) is 0 Å². The van der Waals surface area contributed by atoms with E-state index in [9.17, 15) is 9.59 Å². The molecule has 1 aliphatic heterocycles. The first-order chi connectivity index (χ1) is 10.5. The van der Waals surface area contributed by atoms with Gasteiger partial charge in [-0.2, -0.15) is 10.2 Å². The summed E-state index contributed by atoms with van der Waals surface area (Å²) in [5.74, 6) is -0.355. The minimum atomic E-state index is -0.517. The van der Waals surface area contributed by atoms with E-state index in [4.69, 9.17) is 4.74 Å². The molecule has 0 bridgehead atoms. The summed E-state index contributed by atoms with van der Waals surface area (Å²) in [6, 6.07) is 7.34. The highest BCUT2D eigenvalue weighted by atomic mass is 16.5. The van der Waals surface area contributed by atoms with Crippen molar-refractivity contribution in [2.24, 2.45) is 16.1 Å². The molecule has 0 spiro atoms. The minimum Gasteiger partial charge on any atom is -0.497 e. The van der Waals surface area contributed by atoms with Gasteiger partial charge in [-0.05, 0) is 43.7 Å². The van der Waals surface area contributed by atoms with Crippen LogP contribution in [0.25, 0.3) is 0 Å². The van der Waals surface area contributed by atoms with Crippen molar-refractivity contribution in [3.8, 4) is 5.75 Å². The zero-order chi connectivity index (χ0) is 16.1. The quantitative estimate of drug-likeness (QED) is 0.629. The summed E-state index contributed by atoms with van der Waals surface area (Å²) < 4.78 is 5.08. The minimum absolute atomic E-state index is 0.0283. The maximum absolute atomic E-state index is 11.9. The number of carbonyl (C=O) groups excluding carboxylic acids is 2. The van der Waals surface area contributed by atoms with Crippen molar-refractivity contribution in [1.29, 1.82) is 0 Å². The van der Waals surface area contributed by atoms with E-state index in [1.165, 1.54) is 0 Å². The van der Waals surface area contributed by atoms with Crippen molar-refractivity contribution in [1.82, 2.24) is 10.9 Å². The number of benzene rings is 1. The van der Waals surface area contributed by atoms with Crippen molar-refractivity contribution in [2.75, 3.05) is 7.11 Å². The second kappa shape index (κ2) is 6.84. The number of methoxy groups -OCH3 is 1. The Morgan fingerprint density at radius 2 is 2.09 bits per heavy atom. The number of nitrogens with one attached hydrogen (secondary N) is 2. The lowest BCUT2D eigenvalue weighted by atomic mass is 10.0. The highest BCUT2D eigenvalue weighted by molar-refractivity contribution is 6.09. The van der Waals surface area contributed by atoms with Gasteiger partial charge >= 0.3 is 0 Å². The molecule has 1 aliphatic rings. The van der Waals surface area contributed by atoms with Crippen LogP contribution in [0.3, 0.4) is 0 Å². The predicted octanol–water partition coefficient (Wildman–Crippen LogP) is 1.05. The molecular formula is C15H18N4O3. The van der Waals surface area contributed by atoms with Crippen molar-refractivity contribution >= 4 is 23.2 Å². The molecule has 0 aromatic heterocycles. The standard InChI is InChI=1S/C15H18N4O3/c1-9(11-4-6-12(22-3)7-5-11)16-18-14(20)8-13-10(2)17-19-15(13)21/h4-7,13H,8H2,1-3H3,(H,18,20)(H,19,21)/b16-9+. The van der Waals surface area contributed by atoms with Crippen LogP contribution in [-0.2, 0) is 9.59 Å². The molecule has 2 rings (SSSR count). The molecule has 1 atom stereocenters. The van der Waals surface area contributed by atoms with E-state index in [2.05, 4.69) is 21.1 Å². The van der Waals surface area contributed by atoms with Crippen LogP contribution in [0.1, 0.15) is 25.8 Å². The van der Waals surface area contributed by atoms with Crippen molar-refractivity contribution in [3.63, 3.8) is 0 Å². The van der Waals surface area contributed by atoms with Gasteiger partial charge in [-0.25, -0.2) is 10.9 Å². The molecule has 7 heteroatoms. The third-order valence-electron chi connectivity index (χ3n) is 3.41. The zero-order valence-electron chi connectivity index (χ0n) is 12.7. The highest BCUT2D eigenvalue weighted by Crippen LogP contribution is 2.13. The molecule has 1 unspecified atom stereocenters. The molecular weight excluding hydrogens is 284 g/mol. The molecule has 1 aromatic rings. The topological polar surface area (TPSA) is 92.1 Å². The fourth-order valence-electron chi connectivity index (χ4n) is 2.00. The molecule has 22 heavy (non-hydrogen) atoms. The molecule has 2 N–H and O–H groups in total. The van der Waals surface area contributed by atoms with Crippen LogP contribution in [0.4, 0.5) is 0 Å². The molecule has 0 saturated carbocycles. The van der Waals surface area contributed by atoms with E-state index in [0.29, 0.717) is 11.4 Å². The molecule has 0 aliphatic carbocycles. The average molecular weight is 302 g/mol. The lowest BCUT2D eigenvalue weighted by molar-refractivity contribution is -0.127. The Balaban J connectivity index is 1.93. The van der Waals surface area contributed by atoms with Gasteiger partial charge in [-0.3, -0.25) is 9.59 Å². The number of carbonyl (C=O) groups is 2. The van der Waals surface area contributed by atoms with Crippen molar-refractivity contribution in [2.45, 2.75) is 20.3 Å². The molecule has 7 nitrogen and oxygen atoms in total. The normalized spacial score (nSPS) is 17.8. The summed E-state index contributed by atoms with van der Waals surface area (Å²) in [5, 5.41) is 7.85. The second-order valence-corrected chi connectivity index (χ2v) is 4.95. The molecule has 116 valence electrons. The third kappa shape index (κ3) is 3.69. The average Bonchev–Trinajstić information content (AvgIpc) is 2.84. The molecule has 1 heterocycles. The fraction of sp³-hybridized carbons (Fsp3) is 0.333. The molecule has 0 saturated heterocycles. The van der Waals surface area contributed by atoms with Crippen LogP contribution >= 0.6 is 0 Å². The molecule has 0 radical (unpaired) electrons. The number of nitrogens with zero attached hydrogens (tertiary/aromatic N) is 2. The van der Waals surface area contributed by atoms with Crippen LogP contribution < -0.4 is 15.6 Å².